The van der Waals surface area contributed by atoms with Crippen molar-refractivity contribution in [2.45, 2.75) is 104 Å². The third-order valence-corrected chi connectivity index (χ3v) is 7.15. The summed E-state index contributed by atoms with van der Waals surface area (Å²) in [4.78, 5) is 37.1. The van der Waals surface area contributed by atoms with Crippen molar-refractivity contribution in [3.05, 3.63) is 108 Å². The van der Waals surface area contributed by atoms with Crippen LogP contribution in [0.5, 0.6) is 0 Å². The molecule has 0 radical (unpaired) electrons. The first kappa shape index (κ1) is 40.1. The molecule has 6 heteroatoms. The molecule has 0 bridgehead atoms. The van der Waals surface area contributed by atoms with Crippen molar-refractivity contribution in [1.29, 1.82) is 0 Å². The Bertz CT molecular complexity index is 1170. The molecule has 0 aliphatic carbocycles. The highest BCUT2D eigenvalue weighted by molar-refractivity contribution is 5.87. The zero-order valence-corrected chi connectivity index (χ0v) is 29.0. The molecule has 3 amide bonds. The van der Waals surface area contributed by atoms with Crippen LogP contribution in [-0.4, -0.2) is 36.9 Å². The summed E-state index contributed by atoms with van der Waals surface area (Å²) >= 11 is 0. The number of amides is 3. The van der Waals surface area contributed by atoms with Crippen LogP contribution in [0.25, 0.3) is 0 Å². The average molecular weight is 630 g/mol. The number of benzene rings is 1. The zero-order chi connectivity index (χ0) is 33.8. The summed E-state index contributed by atoms with van der Waals surface area (Å²) in [6.45, 7) is 10.7. The number of carbonyl (C=O) groups is 3. The second kappa shape index (κ2) is 26.3. The number of hydrogen-bond acceptors (Lipinski definition) is 3. The second-order valence-electron chi connectivity index (χ2n) is 11.9. The number of allylic oxidation sites excluding steroid dienone is 12. The van der Waals surface area contributed by atoms with Crippen LogP contribution in [0.1, 0.15) is 103 Å². The fourth-order valence-corrected chi connectivity index (χ4v) is 4.48. The van der Waals surface area contributed by atoms with E-state index in [2.05, 4.69) is 116 Å². The Balaban J connectivity index is 2.12. The molecule has 1 aromatic carbocycles. The van der Waals surface area contributed by atoms with Gasteiger partial charge >= 0.3 is 0 Å². The monoisotopic (exact) mass is 629 g/mol. The van der Waals surface area contributed by atoms with Crippen LogP contribution in [0.3, 0.4) is 0 Å². The second-order valence-corrected chi connectivity index (χ2v) is 11.9. The predicted molar refractivity (Wildman–Crippen MR) is 194 cm³/mol. The molecule has 252 valence electrons. The third-order valence-electron chi connectivity index (χ3n) is 7.15. The molecule has 0 aliphatic heterocycles. The van der Waals surface area contributed by atoms with E-state index in [-0.39, 0.29) is 23.6 Å². The van der Waals surface area contributed by atoms with Gasteiger partial charge in [-0.2, -0.15) is 0 Å². The predicted octanol–water partition coefficient (Wildman–Crippen LogP) is 8.20. The molecule has 6 nitrogen and oxygen atoms in total. The summed E-state index contributed by atoms with van der Waals surface area (Å²) in [6.07, 6.45) is 33.6. The molecule has 0 aliphatic rings. The van der Waals surface area contributed by atoms with E-state index < -0.39 is 6.04 Å². The van der Waals surface area contributed by atoms with Gasteiger partial charge in [0.2, 0.25) is 17.7 Å². The molecule has 0 heterocycles. The molecule has 0 fully saturated rings. The van der Waals surface area contributed by atoms with Gasteiger partial charge in [0.15, 0.2) is 0 Å². The van der Waals surface area contributed by atoms with E-state index in [0.29, 0.717) is 31.8 Å². The van der Waals surface area contributed by atoms with Crippen molar-refractivity contribution in [3.8, 4) is 0 Å². The highest BCUT2D eigenvalue weighted by atomic mass is 16.2. The molecule has 0 saturated heterocycles. The fourth-order valence-electron chi connectivity index (χ4n) is 4.48. The van der Waals surface area contributed by atoms with Crippen molar-refractivity contribution in [1.82, 2.24) is 16.0 Å². The molecule has 46 heavy (non-hydrogen) atoms. The van der Waals surface area contributed by atoms with E-state index in [1.807, 2.05) is 25.1 Å². The molecule has 3 N–H and O–H groups in total. The van der Waals surface area contributed by atoms with Gasteiger partial charge in [-0.25, -0.2) is 0 Å². The lowest BCUT2D eigenvalue weighted by Gasteiger charge is -2.16. The smallest absolute Gasteiger partial charge is 0.242 e. The average Bonchev–Trinajstić information content (AvgIpc) is 3.03. The van der Waals surface area contributed by atoms with Crippen LogP contribution in [-0.2, 0) is 20.8 Å². The molecule has 2 atom stereocenters. The van der Waals surface area contributed by atoms with Gasteiger partial charge in [-0.15, -0.1) is 0 Å². The summed E-state index contributed by atoms with van der Waals surface area (Å²) in [5.41, 5.74) is 2.23. The van der Waals surface area contributed by atoms with E-state index in [0.717, 1.165) is 50.5 Å². The van der Waals surface area contributed by atoms with Crippen molar-refractivity contribution in [3.63, 3.8) is 0 Å². The van der Waals surface area contributed by atoms with Crippen molar-refractivity contribution < 1.29 is 14.4 Å². The van der Waals surface area contributed by atoms with Crippen LogP contribution in [0.2, 0.25) is 0 Å². The van der Waals surface area contributed by atoms with Crippen molar-refractivity contribution in [2.75, 3.05) is 13.1 Å². The molecular weight excluding hydrogens is 570 g/mol. The Hall–Kier alpha value is -3.93. The Morgan fingerprint density at radius 3 is 1.57 bits per heavy atom. The van der Waals surface area contributed by atoms with Gasteiger partial charge in [0.1, 0.15) is 6.04 Å². The molecule has 1 aromatic rings. The number of rotatable bonds is 23. The van der Waals surface area contributed by atoms with E-state index in [4.69, 9.17) is 0 Å². The molecule has 0 spiro atoms. The van der Waals surface area contributed by atoms with E-state index >= 15 is 0 Å². The molecular formula is C40H59N3O3. The SMILES string of the molecule is CC/C=C\C/C=C\C/C=C\C/C=C\C/C=C\C/C=C\CCC(=O)N[C@@H](C)C(=O)NCCNC(=O)C(C)c1ccc(CC(C)C)cc1. The first-order valence-electron chi connectivity index (χ1n) is 17.1. The quantitative estimate of drug-likeness (QED) is 0.0842. The standard InChI is InChI=1S/C40H59N3O3/c1-6-7-8-9-10-11-12-13-14-15-16-17-18-19-20-21-22-23-24-25-38(44)43-35(5)40(46)42-31-30-41-39(45)34(4)37-28-26-36(27-29-37)32-33(2)3/h7-8,10-11,13-14,16-17,19-20,22-23,26-29,33-35H,6,9,12,15,18,21,24-25,30-32H2,1-5H3,(H,41,45)(H,42,46)(H,43,44)/b8-7-,11-10-,14-13-,17-16-,20-19-,23-22-/t34?,35-/m0/s1. The summed E-state index contributed by atoms with van der Waals surface area (Å²) in [6, 6.07) is 7.54. The maximum absolute atomic E-state index is 12.5. The number of hydrogen-bond donors (Lipinski definition) is 3. The number of nitrogens with one attached hydrogen (secondary N) is 3. The van der Waals surface area contributed by atoms with Crippen LogP contribution in [0, 0.1) is 5.92 Å². The molecule has 1 unspecified atom stereocenters. The number of carbonyl (C=O) groups excluding carboxylic acids is 3. The van der Waals surface area contributed by atoms with Gasteiger partial charge in [0, 0.05) is 19.5 Å². The molecule has 0 saturated carbocycles. The Morgan fingerprint density at radius 2 is 1.09 bits per heavy atom. The van der Waals surface area contributed by atoms with Gasteiger partial charge in [0.25, 0.3) is 0 Å². The van der Waals surface area contributed by atoms with E-state index in [9.17, 15) is 14.4 Å². The third kappa shape index (κ3) is 20.9. The van der Waals surface area contributed by atoms with Crippen LogP contribution in [0.15, 0.2) is 97.2 Å². The lowest BCUT2D eigenvalue weighted by atomic mass is 9.96. The normalized spacial score (nSPS) is 13.6. The topological polar surface area (TPSA) is 87.3 Å². The summed E-state index contributed by atoms with van der Waals surface area (Å²) < 4.78 is 0. The van der Waals surface area contributed by atoms with Gasteiger partial charge in [-0.1, -0.05) is 118 Å². The Morgan fingerprint density at radius 1 is 0.630 bits per heavy atom. The van der Waals surface area contributed by atoms with Crippen LogP contribution in [0.4, 0.5) is 0 Å². The van der Waals surface area contributed by atoms with Crippen LogP contribution >= 0.6 is 0 Å². The van der Waals surface area contributed by atoms with Gasteiger partial charge in [-0.05, 0) is 82.3 Å². The van der Waals surface area contributed by atoms with E-state index in [1.54, 1.807) is 6.92 Å². The van der Waals surface area contributed by atoms with Crippen LogP contribution < -0.4 is 16.0 Å². The van der Waals surface area contributed by atoms with Crippen molar-refractivity contribution >= 4 is 17.7 Å². The Kier molecular flexibility index (Phi) is 22.9. The summed E-state index contributed by atoms with van der Waals surface area (Å²) in [5.74, 6) is -0.204. The zero-order valence-electron chi connectivity index (χ0n) is 29.0. The largest absolute Gasteiger partial charge is 0.354 e. The van der Waals surface area contributed by atoms with Gasteiger partial charge < -0.3 is 16.0 Å². The fraction of sp³-hybridized carbons (Fsp3) is 0.475. The van der Waals surface area contributed by atoms with Gasteiger partial charge in [0.05, 0.1) is 5.92 Å². The minimum atomic E-state index is -0.642. The molecule has 1 rings (SSSR count). The summed E-state index contributed by atoms with van der Waals surface area (Å²) in [5, 5.41) is 8.39. The minimum Gasteiger partial charge on any atom is -0.354 e. The lowest BCUT2D eigenvalue weighted by Crippen LogP contribution is -2.46. The first-order chi connectivity index (χ1) is 22.2. The summed E-state index contributed by atoms with van der Waals surface area (Å²) in [7, 11) is 0. The lowest BCUT2D eigenvalue weighted by molar-refractivity contribution is -0.128. The minimum absolute atomic E-state index is 0.0818. The maximum atomic E-state index is 12.5. The van der Waals surface area contributed by atoms with Crippen molar-refractivity contribution in [2.24, 2.45) is 5.92 Å². The maximum Gasteiger partial charge on any atom is 0.242 e. The Labute approximate surface area is 279 Å². The first-order valence-corrected chi connectivity index (χ1v) is 17.1. The van der Waals surface area contributed by atoms with E-state index in [1.165, 1.54) is 5.56 Å². The van der Waals surface area contributed by atoms with Gasteiger partial charge in [-0.3, -0.25) is 14.4 Å². The highest BCUT2D eigenvalue weighted by Gasteiger charge is 2.16. The highest BCUT2D eigenvalue weighted by Crippen LogP contribution is 2.17. The molecule has 0 aromatic heterocycles.